The number of sulfonamides is 1. The van der Waals surface area contributed by atoms with Crippen molar-refractivity contribution in [2.24, 2.45) is 0 Å². The molecule has 0 saturated carbocycles. The minimum Gasteiger partial charge on any atom is -0.312 e. The molecule has 3 rings (SSSR count). The van der Waals surface area contributed by atoms with E-state index < -0.39 is 10.0 Å². The number of fused-ring (bicyclic) bond motifs is 1. The van der Waals surface area contributed by atoms with Gasteiger partial charge in [-0.3, -0.25) is 9.52 Å². The number of nitrogens with zero attached hydrogens (tertiary/aromatic N) is 1. The Kier molecular flexibility index (Phi) is 4.81. The molecule has 0 fully saturated rings. The van der Waals surface area contributed by atoms with E-state index in [0.29, 0.717) is 25.1 Å². The predicted molar refractivity (Wildman–Crippen MR) is 100 cm³/mol. The van der Waals surface area contributed by atoms with E-state index in [2.05, 4.69) is 4.72 Å². The molecule has 1 aliphatic heterocycles. The van der Waals surface area contributed by atoms with Gasteiger partial charge >= 0.3 is 0 Å². The Hall–Kier alpha value is -2.34. The molecular weight excluding hydrogens is 336 g/mol. The smallest absolute Gasteiger partial charge is 0.236 e. The molecule has 1 N–H and O–H groups in total. The molecule has 2 aromatic carbocycles. The second-order valence-corrected chi connectivity index (χ2v) is 7.99. The van der Waals surface area contributed by atoms with Crippen LogP contribution < -0.4 is 9.62 Å². The van der Waals surface area contributed by atoms with Crippen molar-refractivity contribution in [3.8, 4) is 0 Å². The lowest BCUT2D eigenvalue weighted by Gasteiger charge is -2.28. The van der Waals surface area contributed by atoms with Crippen molar-refractivity contribution in [3.05, 3.63) is 59.2 Å². The summed E-state index contributed by atoms with van der Waals surface area (Å²) < 4.78 is 27.6. The summed E-state index contributed by atoms with van der Waals surface area (Å²) in [5, 5.41) is 0. The molecule has 0 radical (unpaired) electrons. The summed E-state index contributed by atoms with van der Waals surface area (Å²) in [4.78, 5) is 13.7. The summed E-state index contributed by atoms with van der Waals surface area (Å²) in [5.41, 5.74) is 4.15. The number of carbonyl (C=O) groups is 1. The van der Waals surface area contributed by atoms with E-state index in [1.165, 1.54) is 0 Å². The highest BCUT2D eigenvalue weighted by Gasteiger charge is 2.23. The summed E-state index contributed by atoms with van der Waals surface area (Å²) in [7, 11) is -3.50. The van der Waals surface area contributed by atoms with E-state index in [-0.39, 0.29) is 11.7 Å². The summed E-state index contributed by atoms with van der Waals surface area (Å²) in [6.07, 6.45) is 1.10. The van der Waals surface area contributed by atoms with Gasteiger partial charge in [-0.2, -0.15) is 0 Å². The molecule has 0 bridgehead atoms. The molecule has 25 heavy (non-hydrogen) atoms. The maximum absolute atomic E-state index is 12.5. The average molecular weight is 358 g/mol. The van der Waals surface area contributed by atoms with Gasteiger partial charge in [-0.05, 0) is 55.2 Å². The quantitative estimate of drug-likeness (QED) is 0.892. The highest BCUT2D eigenvalue weighted by atomic mass is 32.2. The highest BCUT2D eigenvalue weighted by Crippen LogP contribution is 2.30. The number of hydrogen-bond donors (Lipinski definition) is 1. The lowest BCUT2D eigenvalue weighted by atomic mass is 10.0. The van der Waals surface area contributed by atoms with E-state index in [9.17, 15) is 13.2 Å². The van der Waals surface area contributed by atoms with Crippen LogP contribution in [-0.4, -0.2) is 20.9 Å². The second kappa shape index (κ2) is 6.88. The summed E-state index contributed by atoms with van der Waals surface area (Å²) in [5.74, 6) is 0.0546. The molecule has 0 aliphatic carbocycles. The van der Waals surface area contributed by atoms with Crippen molar-refractivity contribution in [1.82, 2.24) is 0 Å². The van der Waals surface area contributed by atoms with Crippen LogP contribution in [0.2, 0.25) is 0 Å². The minimum absolute atomic E-state index is 0.0592. The van der Waals surface area contributed by atoms with Crippen LogP contribution in [0, 0.1) is 6.92 Å². The topological polar surface area (TPSA) is 66.5 Å². The summed E-state index contributed by atoms with van der Waals surface area (Å²) in [6.45, 7) is 4.45. The van der Waals surface area contributed by atoms with Gasteiger partial charge in [0.05, 0.1) is 5.75 Å². The van der Waals surface area contributed by atoms with Crippen molar-refractivity contribution in [2.75, 3.05) is 16.2 Å². The molecule has 5 nitrogen and oxygen atoms in total. The maximum atomic E-state index is 12.5. The fourth-order valence-electron chi connectivity index (χ4n) is 3.16. The van der Waals surface area contributed by atoms with Crippen LogP contribution in [0.5, 0.6) is 0 Å². The number of nitrogens with one attached hydrogen (secondary N) is 1. The van der Waals surface area contributed by atoms with Crippen LogP contribution in [-0.2, 0) is 27.0 Å². The predicted octanol–water partition coefficient (Wildman–Crippen LogP) is 3.24. The Morgan fingerprint density at radius 3 is 2.60 bits per heavy atom. The first-order chi connectivity index (χ1) is 11.9. The van der Waals surface area contributed by atoms with Crippen LogP contribution in [0.25, 0.3) is 0 Å². The van der Waals surface area contributed by atoms with Crippen LogP contribution >= 0.6 is 0 Å². The summed E-state index contributed by atoms with van der Waals surface area (Å²) >= 11 is 0. The van der Waals surface area contributed by atoms with Crippen molar-refractivity contribution in [3.63, 3.8) is 0 Å². The second-order valence-electron chi connectivity index (χ2n) is 6.27. The fourth-order valence-corrected chi connectivity index (χ4v) is 4.45. The van der Waals surface area contributed by atoms with Crippen molar-refractivity contribution >= 4 is 27.3 Å². The molecule has 0 saturated heterocycles. The van der Waals surface area contributed by atoms with E-state index >= 15 is 0 Å². The van der Waals surface area contributed by atoms with E-state index in [1.807, 2.05) is 50.2 Å². The number of amides is 1. The Morgan fingerprint density at radius 2 is 1.88 bits per heavy atom. The first-order valence-electron chi connectivity index (χ1n) is 8.38. The van der Waals surface area contributed by atoms with Crippen molar-refractivity contribution in [2.45, 2.75) is 32.4 Å². The van der Waals surface area contributed by atoms with Gasteiger partial charge in [0.25, 0.3) is 0 Å². The normalized spacial score (nSPS) is 14.3. The lowest BCUT2D eigenvalue weighted by Crippen LogP contribution is -2.34. The standard InChI is InChI=1S/C19H22N2O3S/c1-3-21-18-10-9-17(12-15(18)8-11-19(21)22)20-25(23,24)13-16-7-5-4-6-14(16)2/h4-7,9-10,12,20H,3,8,11,13H2,1-2H3. The van der Waals surface area contributed by atoms with E-state index in [4.69, 9.17) is 0 Å². The van der Waals surface area contributed by atoms with E-state index in [0.717, 1.165) is 22.4 Å². The minimum atomic E-state index is -3.50. The Balaban J connectivity index is 1.81. The van der Waals surface area contributed by atoms with Crippen LogP contribution in [0.4, 0.5) is 11.4 Å². The monoisotopic (exact) mass is 358 g/mol. The van der Waals surface area contributed by atoms with Crippen molar-refractivity contribution in [1.29, 1.82) is 0 Å². The number of carbonyl (C=O) groups excluding carboxylic acids is 1. The SMILES string of the molecule is CCN1C(=O)CCc2cc(NS(=O)(=O)Cc3ccccc3C)ccc21. The lowest BCUT2D eigenvalue weighted by molar-refractivity contribution is -0.118. The third-order valence-corrected chi connectivity index (χ3v) is 5.71. The molecular formula is C19H22N2O3S. The number of aryl methyl sites for hydroxylation is 2. The maximum Gasteiger partial charge on any atom is 0.236 e. The van der Waals surface area contributed by atoms with Gasteiger partial charge in [0.2, 0.25) is 15.9 Å². The molecule has 0 spiro atoms. The van der Waals surface area contributed by atoms with Crippen LogP contribution in [0.1, 0.15) is 30.0 Å². The third kappa shape index (κ3) is 3.85. The van der Waals surface area contributed by atoms with Crippen LogP contribution in [0.3, 0.4) is 0 Å². The van der Waals surface area contributed by atoms with Gasteiger partial charge in [0, 0.05) is 24.3 Å². The molecule has 1 heterocycles. The first kappa shape index (κ1) is 17.5. The van der Waals surface area contributed by atoms with Gasteiger partial charge in [0.1, 0.15) is 0 Å². The molecule has 132 valence electrons. The Bertz CT molecular complexity index is 907. The van der Waals surface area contributed by atoms with E-state index in [1.54, 1.807) is 11.0 Å². The Labute approximate surface area is 148 Å². The van der Waals surface area contributed by atoms with Gasteiger partial charge < -0.3 is 4.90 Å². The molecule has 2 aromatic rings. The Morgan fingerprint density at radius 1 is 1.12 bits per heavy atom. The molecule has 0 aromatic heterocycles. The zero-order valence-corrected chi connectivity index (χ0v) is 15.3. The summed E-state index contributed by atoms with van der Waals surface area (Å²) in [6, 6.07) is 12.8. The average Bonchev–Trinajstić information content (AvgIpc) is 2.56. The third-order valence-electron chi connectivity index (χ3n) is 4.48. The van der Waals surface area contributed by atoms with Gasteiger partial charge in [-0.25, -0.2) is 8.42 Å². The largest absolute Gasteiger partial charge is 0.312 e. The van der Waals surface area contributed by atoms with Gasteiger partial charge in [0.15, 0.2) is 0 Å². The number of benzene rings is 2. The van der Waals surface area contributed by atoms with Crippen molar-refractivity contribution < 1.29 is 13.2 Å². The highest BCUT2D eigenvalue weighted by molar-refractivity contribution is 7.91. The zero-order valence-electron chi connectivity index (χ0n) is 14.5. The van der Waals surface area contributed by atoms with Crippen LogP contribution in [0.15, 0.2) is 42.5 Å². The molecule has 0 unspecified atom stereocenters. The molecule has 0 atom stereocenters. The number of rotatable bonds is 5. The van der Waals surface area contributed by atoms with Gasteiger partial charge in [-0.15, -0.1) is 0 Å². The van der Waals surface area contributed by atoms with Gasteiger partial charge in [-0.1, -0.05) is 24.3 Å². The number of anilines is 2. The zero-order chi connectivity index (χ0) is 18.0. The fraction of sp³-hybridized carbons (Fsp3) is 0.316. The molecule has 1 aliphatic rings. The number of hydrogen-bond acceptors (Lipinski definition) is 3. The molecule has 1 amide bonds. The molecule has 6 heteroatoms. The first-order valence-corrected chi connectivity index (χ1v) is 10.0.